The third kappa shape index (κ3) is 3.11. The van der Waals surface area contributed by atoms with Crippen LogP contribution in [0.4, 0.5) is 5.69 Å². The molecule has 2 heteroatoms. The normalized spacial score (nSPS) is 21.6. The van der Waals surface area contributed by atoms with Gasteiger partial charge in [-0.1, -0.05) is 24.1 Å². The second-order valence-corrected chi connectivity index (χ2v) is 5.84. The Balaban J connectivity index is 1.69. The van der Waals surface area contributed by atoms with Crippen LogP contribution in [-0.2, 0) is 0 Å². The Morgan fingerprint density at radius 2 is 2.05 bits per heavy atom. The van der Waals surface area contributed by atoms with E-state index in [1.165, 1.54) is 37.1 Å². The van der Waals surface area contributed by atoms with Crippen molar-refractivity contribution in [3.63, 3.8) is 0 Å². The number of terminal acetylenes is 1. The summed E-state index contributed by atoms with van der Waals surface area (Å²) in [6.07, 6.45) is 9.52. The highest BCUT2D eigenvalue weighted by Gasteiger charge is 2.27. The zero-order valence-corrected chi connectivity index (χ0v) is 11.4. The maximum absolute atomic E-state index is 5.52. The second kappa shape index (κ2) is 5.67. The fraction of sp³-hybridized carbons (Fsp3) is 0.529. The standard InChI is InChI=1S/C17H22N2/c1-2-11-19(12-14-7-8-14)13-15-9-10-18-17-6-4-3-5-16(15)17/h1,3-6,14-15,18H,7-13H2. The molecule has 1 aromatic rings. The molecule has 1 aliphatic heterocycles. The Bertz CT molecular complexity index is 470. The lowest BCUT2D eigenvalue weighted by Gasteiger charge is -2.31. The number of nitrogens with one attached hydrogen (secondary N) is 1. The maximum atomic E-state index is 5.52. The molecule has 0 saturated heterocycles. The fourth-order valence-corrected chi connectivity index (χ4v) is 3.05. The van der Waals surface area contributed by atoms with E-state index in [2.05, 4.69) is 40.4 Å². The second-order valence-electron chi connectivity index (χ2n) is 5.84. The van der Waals surface area contributed by atoms with E-state index in [4.69, 9.17) is 6.42 Å². The van der Waals surface area contributed by atoms with Crippen LogP contribution < -0.4 is 5.32 Å². The topological polar surface area (TPSA) is 15.3 Å². The number of hydrogen-bond donors (Lipinski definition) is 1. The summed E-state index contributed by atoms with van der Waals surface area (Å²) in [5, 5.41) is 3.49. The molecule has 1 aromatic carbocycles. The van der Waals surface area contributed by atoms with Gasteiger partial charge in [-0.25, -0.2) is 0 Å². The Hall–Kier alpha value is -1.46. The highest BCUT2D eigenvalue weighted by atomic mass is 15.1. The van der Waals surface area contributed by atoms with Gasteiger partial charge in [-0.05, 0) is 36.8 Å². The Morgan fingerprint density at radius 1 is 1.21 bits per heavy atom. The van der Waals surface area contributed by atoms with Crippen LogP contribution in [0.1, 0.15) is 30.7 Å². The third-order valence-electron chi connectivity index (χ3n) is 4.22. The van der Waals surface area contributed by atoms with E-state index in [9.17, 15) is 0 Å². The maximum Gasteiger partial charge on any atom is 0.0599 e. The predicted molar refractivity (Wildman–Crippen MR) is 80.3 cm³/mol. The number of rotatable bonds is 5. The van der Waals surface area contributed by atoms with E-state index in [0.717, 1.165) is 25.6 Å². The molecule has 0 aromatic heterocycles. The van der Waals surface area contributed by atoms with Crippen LogP contribution in [0, 0.1) is 18.3 Å². The van der Waals surface area contributed by atoms with Crippen molar-refractivity contribution in [2.45, 2.75) is 25.2 Å². The monoisotopic (exact) mass is 254 g/mol. The van der Waals surface area contributed by atoms with Crippen LogP contribution in [-0.4, -0.2) is 31.1 Å². The summed E-state index contributed by atoms with van der Waals surface area (Å²) in [6, 6.07) is 8.70. The molecule has 2 nitrogen and oxygen atoms in total. The molecule has 100 valence electrons. The molecule has 1 saturated carbocycles. The van der Waals surface area contributed by atoms with Gasteiger partial charge >= 0.3 is 0 Å². The van der Waals surface area contributed by atoms with Gasteiger partial charge in [0.25, 0.3) is 0 Å². The zero-order chi connectivity index (χ0) is 13.1. The first-order valence-corrected chi connectivity index (χ1v) is 7.35. The van der Waals surface area contributed by atoms with Crippen LogP contribution in [0.25, 0.3) is 0 Å². The summed E-state index contributed by atoms with van der Waals surface area (Å²) in [7, 11) is 0. The molecule has 1 N–H and O–H groups in total. The van der Waals surface area contributed by atoms with Crippen LogP contribution in [0.15, 0.2) is 24.3 Å². The minimum absolute atomic E-state index is 0.629. The SMILES string of the molecule is C#CCN(CC1CC1)CC1CCNc2ccccc21. The molecule has 3 rings (SSSR count). The molecule has 0 radical (unpaired) electrons. The van der Waals surface area contributed by atoms with E-state index >= 15 is 0 Å². The molecular formula is C17H22N2. The summed E-state index contributed by atoms with van der Waals surface area (Å²) in [5.74, 6) is 4.36. The first-order valence-electron chi connectivity index (χ1n) is 7.35. The minimum atomic E-state index is 0.629. The molecule has 0 bridgehead atoms. The van der Waals surface area contributed by atoms with Crippen molar-refractivity contribution in [1.82, 2.24) is 4.90 Å². The molecular weight excluding hydrogens is 232 g/mol. The summed E-state index contributed by atoms with van der Waals surface area (Å²) < 4.78 is 0. The average molecular weight is 254 g/mol. The van der Waals surface area contributed by atoms with Gasteiger partial charge in [0.2, 0.25) is 0 Å². The lowest BCUT2D eigenvalue weighted by molar-refractivity contribution is 0.270. The number of nitrogens with zero attached hydrogens (tertiary/aromatic N) is 1. The van der Waals surface area contributed by atoms with Gasteiger partial charge in [-0.3, -0.25) is 4.90 Å². The molecule has 1 heterocycles. The number of anilines is 1. The van der Waals surface area contributed by atoms with Gasteiger partial charge in [0.05, 0.1) is 6.54 Å². The van der Waals surface area contributed by atoms with E-state index in [0.29, 0.717) is 5.92 Å². The van der Waals surface area contributed by atoms with E-state index in [-0.39, 0.29) is 0 Å². The van der Waals surface area contributed by atoms with Gasteiger partial charge in [0, 0.05) is 31.2 Å². The summed E-state index contributed by atoms with van der Waals surface area (Å²) >= 11 is 0. The molecule has 2 aliphatic rings. The van der Waals surface area contributed by atoms with Crippen molar-refractivity contribution in [1.29, 1.82) is 0 Å². The Kier molecular flexibility index (Phi) is 3.75. The van der Waals surface area contributed by atoms with Gasteiger partial charge in [-0.2, -0.15) is 0 Å². The van der Waals surface area contributed by atoms with Gasteiger partial charge in [0.1, 0.15) is 0 Å². The lowest BCUT2D eigenvalue weighted by Crippen LogP contribution is -2.33. The van der Waals surface area contributed by atoms with E-state index < -0.39 is 0 Å². The first-order chi connectivity index (χ1) is 9.36. The number of hydrogen-bond acceptors (Lipinski definition) is 2. The summed E-state index contributed by atoms with van der Waals surface area (Å²) in [4.78, 5) is 2.48. The number of para-hydroxylation sites is 1. The van der Waals surface area contributed by atoms with Crippen molar-refractivity contribution < 1.29 is 0 Å². The smallest absolute Gasteiger partial charge is 0.0599 e. The summed E-state index contributed by atoms with van der Waals surface area (Å²) in [6.45, 7) is 4.17. The first kappa shape index (κ1) is 12.6. The minimum Gasteiger partial charge on any atom is -0.385 e. The van der Waals surface area contributed by atoms with Crippen molar-refractivity contribution in [2.75, 3.05) is 31.5 Å². The van der Waals surface area contributed by atoms with Crippen molar-refractivity contribution in [3.8, 4) is 12.3 Å². The highest BCUT2D eigenvalue weighted by molar-refractivity contribution is 5.54. The van der Waals surface area contributed by atoms with Crippen molar-refractivity contribution in [3.05, 3.63) is 29.8 Å². The van der Waals surface area contributed by atoms with Crippen molar-refractivity contribution in [2.24, 2.45) is 5.92 Å². The quantitative estimate of drug-likeness (QED) is 0.813. The molecule has 1 fully saturated rings. The van der Waals surface area contributed by atoms with Crippen LogP contribution in [0.2, 0.25) is 0 Å². The average Bonchev–Trinajstić information content (AvgIpc) is 3.23. The highest BCUT2D eigenvalue weighted by Crippen LogP contribution is 2.34. The Morgan fingerprint density at radius 3 is 2.84 bits per heavy atom. The van der Waals surface area contributed by atoms with Gasteiger partial charge in [0.15, 0.2) is 0 Å². The van der Waals surface area contributed by atoms with Gasteiger partial charge in [-0.15, -0.1) is 6.42 Å². The van der Waals surface area contributed by atoms with Crippen molar-refractivity contribution >= 4 is 5.69 Å². The van der Waals surface area contributed by atoms with E-state index in [1.807, 2.05) is 0 Å². The van der Waals surface area contributed by atoms with Crippen LogP contribution >= 0.6 is 0 Å². The predicted octanol–water partition coefficient (Wildman–Crippen LogP) is 2.93. The molecule has 1 aliphatic carbocycles. The number of benzene rings is 1. The van der Waals surface area contributed by atoms with Gasteiger partial charge < -0.3 is 5.32 Å². The largest absolute Gasteiger partial charge is 0.385 e. The zero-order valence-electron chi connectivity index (χ0n) is 11.4. The lowest BCUT2D eigenvalue weighted by atomic mass is 9.90. The Labute approximate surface area is 116 Å². The molecule has 1 atom stereocenters. The number of fused-ring (bicyclic) bond motifs is 1. The molecule has 0 spiro atoms. The summed E-state index contributed by atoms with van der Waals surface area (Å²) in [5.41, 5.74) is 2.78. The van der Waals surface area contributed by atoms with Crippen LogP contribution in [0.3, 0.4) is 0 Å². The molecule has 1 unspecified atom stereocenters. The third-order valence-corrected chi connectivity index (χ3v) is 4.22. The fourth-order valence-electron chi connectivity index (χ4n) is 3.05. The molecule has 0 amide bonds. The van der Waals surface area contributed by atoms with Crippen LogP contribution in [0.5, 0.6) is 0 Å². The van der Waals surface area contributed by atoms with E-state index in [1.54, 1.807) is 0 Å². The molecule has 19 heavy (non-hydrogen) atoms.